The normalized spacial score (nSPS) is 13.9. The lowest BCUT2D eigenvalue weighted by Gasteiger charge is -2.14. The summed E-state index contributed by atoms with van der Waals surface area (Å²) in [5, 5.41) is 13.2. The zero-order valence-corrected chi connectivity index (χ0v) is 12.4. The second kappa shape index (κ2) is 6.64. The average Bonchev–Trinajstić information content (AvgIpc) is 3.24. The van der Waals surface area contributed by atoms with Crippen LogP contribution in [0.25, 0.3) is 11.3 Å². The smallest absolute Gasteiger partial charge is 0.134 e. The third-order valence-corrected chi connectivity index (χ3v) is 3.60. The first-order chi connectivity index (χ1) is 10.7. The molecule has 0 spiro atoms. The third kappa shape index (κ3) is 3.30. The van der Waals surface area contributed by atoms with Crippen LogP contribution in [-0.4, -0.2) is 11.7 Å². The van der Waals surface area contributed by atoms with Crippen LogP contribution < -0.4 is 5.32 Å². The lowest BCUT2D eigenvalue weighted by atomic mass is 10.2. The first kappa shape index (κ1) is 14.6. The monoisotopic (exact) mass is 297 g/mol. The van der Waals surface area contributed by atoms with Gasteiger partial charge < -0.3 is 19.3 Å². The Morgan fingerprint density at radius 3 is 2.55 bits per heavy atom. The first-order valence-electron chi connectivity index (χ1n) is 7.34. The zero-order chi connectivity index (χ0) is 15.4. The van der Waals surface area contributed by atoms with Crippen LogP contribution in [0.1, 0.15) is 30.6 Å². The molecule has 2 aromatic heterocycles. The summed E-state index contributed by atoms with van der Waals surface area (Å²) in [6.07, 6.45) is 0.890. The second-order valence-electron chi connectivity index (χ2n) is 5.23. The van der Waals surface area contributed by atoms with Crippen LogP contribution in [0.5, 0.6) is 0 Å². The quantitative estimate of drug-likeness (QED) is 0.724. The summed E-state index contributed by atoms with van der Waals surface area (Å²) >= 11 is 0. The molecule has 2 unspecified atom stereocenters. The molecule has 2 atom stereocenters. The van der Waals surface area contributed by atoms with Gasteiger partial charge in [0, 0.05) is 12.1 Å². The molecule has 1 aromatic carbocycles. The molecule has 0 bridgehead atoms. The van der Waals surface area contributed by atoms with E-state index in [1.807, 2.05) is 49.4 Å². The van der Waals surface area contributed by atoms with Gasteiger partial charge in [-0.25, -0.2) is 0 Å². The Kier molecular flexibility index (Phi) is 4.42. The Labute approximate surface area is 129 Å². The molecule has 4 nitrogen and oxygen atoms in total. The minimum Gasteiger partial charge on any atom is -0.467 e. The molecule has 2 heterocycles. The number of hydrogen-bond acceptors (Lipinski definition) is 4. The summed E-state index contributed by atoms with van der Waals surface area (Å²) < 4.78 is 11.1. The van der Waals surface area contributed by atoms with Gasteiger partial charge in [-0.15, -0.1) is 0 Å². The van der Waals surface area contributed by atoms with Gasteiger partial charge >= 0.3 is 0 Å². The van der Waals surface area contributed by atoms with Crippen molar-refractivity contribution in [3.63, 3.8) is 0 Å². The van der Waals surface area contributed by atoms with E-state index >= 15 is 0 Å². The topological polar surface area (TPSA) is 58.5 Å². The molecule has 0 amide bonds. The van der Waals surface area contributed by atoms with Gasteiger partial charge in [-0.05, 0) is 31.2 Å². The lowest BCUT2D eigenvalue weighted by Crippen LogP contribution is -2.24. The van der Waals surface area contributed by atoms with E-state index in [-0.39, 0.29) is 6.04 Å². The van der Waals surface area contributed by atoms with Gasteiger partial charge in [-0.3, -0.25) is 0 Å². The molecule has 0 saturated carbocycles. The highest BCUT2D eigenvalue weighted by molar-refractivity contribution is 5.57. The molecule has 0 saturated heterocycles. The molecule has 3 aromatic rings. The van der Waals surface area contributed by atoms with Crippen molar-refractivity contribution in [1.82, 2.24) is 5.32 Å². The SMILES string of the molecule is CC(NCC(O)c1ccco1)c1ccc(-c2ccccc2)o1. The average molecular weight is 297 g/mol. The maximum absolute atomic E-state index is 10.0. The number of rotatable bonds is 6. The van der Waals surface area contributed by atoms with Crippen LogP contribution in [0.2, 0.25) is 0 Å². The summed E-state index contributed by atoms with van der Waals surface area (Å²) in [6.45, 7) is 2.40. The highest BCUT2D eigenvalue weighted by atomic mass is 16.4. The van der Waals surface area contributed by atoms with Gasteiger partial charge in [0.1, 0.15) is 23.4 Å². The fraction of sp³-hybridized carbons (Fsp3) is 0.222. The highest BCUT2D eigenvalue weighted by Gasteiger charge is 2.15. The number of aliphatic hydroxyl groups is 1. The summed E-state index contributed by atoms with van der Waals surface area (Å²) in [4.78, 5) is 0. The standard InChI is InChI=1S/C18H19NO3/c1-13(19-12-15(20)18-8-5-11-21-18)16-9-10-17(22-16)14-6-3-2-4-7-14/h2-11,13,15,19-20H,12H2,1H3. The molecule has 0 fully saturated rings. The molecule has 2 N–H and O–H groups in total. The van der Waals surface area contributed by atoms with Crippen molar-refractivity contribution in [3.8, 4) is 11.3 Å². The Morgan fingerprint density at radius 2 is 1.82 bits per heavy atom. The molecular weight excluding hydrogens is 278 g/mol. The zero-order valence-electron chi connectivity index (χ0n) is 12.4. The first-order valence-corrected chi connectivity index (χ1v) is 7.34. The number of benzene rings is 1. The van der Waals surface area contributed by atoms with Crippen molar-refractivity contribution < 1.29 is 13.9 Å². The van der Waals surface area contributed by atoms with E-state index in [9.17, 15) is 5.11 Å². The van der Waals surface area contributed by atoms with E-state index in [4.69, 9.17) is 8.83 Å². The number of hydrogen-bond donors (Lipinski definition) is 2. The van der Waals surface area contributed by atoms with Gasteiger partial charge in [0.15, 0.2) is 0 Å². The van der Waals surface area contributed by atoms with Crippen LogP contribution in [0, 0.1) is 0 Å². The fourth-order valence-corrected chi connectivity index (χ4v) is 2.31. The Morgan fingerprint density at radius 1 is 1.00 bits per heavy atom. The van der Waals surface area contributed by atoms with Crippen LogP contribution >= 0.6 is 0 Å². The van der Waals surface area contributed by atoms with Crippen molar-refractivity contribution in [2.75, 3.05) is 6.54 Å². The Bertz CT molecular complexity index is 688. The van der Waals surface area contributed by atoms with Crippen LogP contribution in [-0.2, 0) is 0 Å². The molecule has 4 heteroatoms. The van der Waals surface area contributed by atoms with Gasteiger partial charge in [-0.1, -0.05) is 30.3 Å². The molecule has 0 aliphatic rings. The predicted octanol–water partition coefficient (Wildman–Crippen LogP) is 3.92. The van der Waals surface area contributed by atoms with Crippen molar-refractivity contribution in [2.45, 2.75) is 19.1 Å². The van der Waals surface area contributed by atoms with E-state index in [0.29, 0.717) is 12.3 Å². The molecule has 114 valence electrons. The van der Waals surface area contributed by atoms with E-state index in [1.165, 1.54) is 0 Å². The van der Waals surface area contributed by atoms with E-state index in [1.54, 1.807) is 18.4 Å². The van der Waals surface area contributed by atoms with Gasteiger partial charge in [-0.2, -0.15) is 0 Å². The predicted molar refractivity (Wildman–Crippen MR) is 84.2 cm³/mol. The molecule has 22 heavy (non-hydrogen) atoms. The summed E-state index contributed by atoms with van der Waals surface area (Å²) in [5.41, 5.74) is 1.05. The van der Waals surface area contributed by atoms with Crippen LogP contribution in [0.4, 0.5) is 0 Å². The van der Waals surface area contributed by atoms with Crippen LogP contribution in [0.15, 0.2) is 69.7 Å². The van der Waals surface area contributed by atoms with E-state index in [2.05, 4.69) is 5.32 Å². The van der Waals surface area contributed by atoms with Crippen molar-refractivity contribution >= 4 is 0 Å². The molecule has 0 aliphatic carbocycles. The minimum atomic E-state index is -0.666. The number of furan rings is 2. The second-order valence-corrected chi connectivity index (χ2v) is 5.23. The summed E-state index contributed by atoms with van der Waals surface area (Å²) in [5.74, 6) is 2.24. The lowest BCUT2D eigenvalue weighted by molar-refractivity contribution is 0.143. The highest BCUT2D eigenvalue weighted by Crippen LogP contribution is 2.25. The van der Waals surface area contributed by atoms with Gasteiger partial charge in [0.2, 0.25) is 0 Å². The molecule has 3 rings (SSSR count). The van der Waals surface area contributed by atoms with Gasteiger partial charge in [0.25, 0.3) is 0 Å². The van der Waals surface area contributed by atoms with E-state index in [0.717, 1.165) is 17.1 Å². The third-order valence-electron chi connectivity index (χ3n) is 3.60. The molecular formula is C18H19NO3. The largest absolute Gasteiger partial charge is 0.467 e. The van der Waals surface area contributed by atoms with Crippen molar-refractivity contribution in [1.29, 1.82) is 0 Å². The minimum absolute atomic E-state index is 0.00192. The fourth-order valence-electron chi connectivity index (χ4n) is 2.31. The summed E-state index contributed by atoms with van der Waals surface area (Å²) in [7, 11) is 0. The maximum atomic E-state index is 10.0. The maximum Gasteiger partial charge on any atom is 0.134 e. The Balaban J connectivity index is 1.61. The molecule has 0 aliphatic heterocycles. The van der Waals surface area contributed by atoms with Crippen molar-refractivity contribution in [2.24, 2.45) is 0 Å². The number of aliphatic hydroxyl groups excluding tert-OH is 1. The van der Waals surface area contributed by atoms with Gasteiger partial charge in [0.05, 0.1) is 12.3 Å². The Hall–Kier alpha value is -2.30. The molecule has 0 radical (unpaired) electrons. The van der Waals surface area contributed by atoms with E-state index < -0.39 is 6.10 Å². The van der Waals surface area contributed by atoms with Crippen LogP contribution in [0.3, 0.4) is 0 Å². The van der Waals surface area contributed by atoms with Crippen molar-refractivity contribution in [3.05, 3.63) is 72.4 Å². The number of nitrogens with one attached hydrogen (secondary N) is 1. The summed E-state index contributed by atoms with van der Waals surface area (Å²) in [6, 6.07) is 17.4.